The minimum atomic E-state index is -0.377. The molecule has 0 radical (unpaired) electrons. The monoisotopic (exact) mass is 335 g/mol. The molecule has 0 N–H and O–H groups in total. The quantitative estimate of drug-likeness (QED) is 0.807. The predicted octanol–water partition coefficient (Wildman–Crippen LogP) is 3.47. The minimum absolute atomic E-state index is 0.0418. The molecule has 1 fully saturated rings. The first-order valence-corrected chi connectivity index (χ1v) is 8.71. The second-order valence-corrected chi connectivity index (χ2v) is 6.78. The maximum Gasteiger partial charge on any atom is 0.238 e. The van der Waals surface area contributed by atoms with E-state index in [9.17, 15) is 9.59 Å². The number of amides is 2. The zero-order valence-corrected chi connectivity index (χ0v) is 14.4. The van der Waals surface area contributed by atoms with Crippen LogP contribution in [0.1, 0.15) is 42.0 Å². The summed E-state index contributed by atoms with van der Waals surface area (Å²) in [6.45, 7) is 1.93. The van der Waals surface area contributed by atoms with Gasteiger partial charge in [0.1, 0.15) is 5.75 Å². The highest BCUT2D eigenvalue weighted by molar-refractivity contribution is 6.08. The first-order chi connectivity index (χ1) is 12.1. The smallest absolute Gasteiger partial charge is 0.238 e. The topological polar surface area (TPSA) is 46.6 Å². The first kappa shape index (κ1) is 15.9. The third kappa shape index (κ3) is 2.36. The minimum Gasteiger partial charge on any atom is -0.496 e. The Kier molecular flexibility index (Phi) is 3.83. The van der Waals surface area contributed by atoms with Crippen LogP contribution >= 0.6 is 0 Å². The van der Waals surface area contributed by atoms with E-state index in [-0.39, 0.29) is 29.7 Å². The van der Waals surface area contributed by atoms with Crippen molar-refractivity contribution in [2.45, 2.75) is 31.7 Å². The van der Waals surface area contributed by atoms with Gasteiger partial charge in [0.05, 0.1) is 25.0 Å². The van der Waals surface area contributed by atoms with Crippen LogP contribution < -0.4 is 4.74 Å². The molecule has 0 bridgehead atoms. The normalized spacial score (nSPS) is 23.2. The standard InChI is InChI=1S/C21H21NO3/c1-13(14-7-4-3-5-8-14)22-20(23)17-12-11-15-16(19(17)21(22)24)9-6-10-18(15)25-2/h3-10,13,17,19H,11-12H2,1-2H3/t13-,17+,19-/m0/s1. The molecule has 0 aromatic heterocycles. The van der Waals surface area contributed by atoms with Crippen LogP contribution in [0.25, 0.3) is 0 Å². The highest BCUT2D eigenvalue weighted by Gasteiger charge is 2.52. The number of hydrogen-bond donors (Lipinski definition) is 0. The summed E-state index contributed by atoms with van der Waals surface area (Å²) < 4.78 is 5.46. The second-order valence-electron chi connectivity index (χ2n) is 6.78. The van der Waals surface area contributed by atoms with Crippen molar-refractivity contribution >= 4 is 11.8 Å². The molecular weight excluding hydrogens is 314 g/mol. The van der Waals surface area contributed by atoms with Gasteiger partial charge in [-0.2, -0.15) is 0 Å². The molecule has 25 heavy (non-hydrogen) atoms. The third-order valence-corrected chi connectivity index (χ3v) is 5.56. The zero-order chi connectivity index (χ0) is 17.6. The molecule has 4 rings (SSSR count). The van der Waals surface area contributed by atoms with Crippen molar-refractivity contribution in [1.29, 1.82) is 0 Å². The number of imide groups is 1. The van der Waals surface area contributed by atoms with Gasteiger partial charge in [-0.15, -0.1) is 0 Å². The van der Waals surface area contributed by atoms with Crippen LogP contribution in [-0.2, 0) is 16.0 Å². The largest absolute Gasteiger partial charge is 0.496 e. The molecule has 2 aromatic carbocycles. The van der Waals surface area contributed by atoms with E-state index in [4.69, 9.17) is 4.74 Å². The lowest BCUT2D eigenvalue weighted by Crippen LogP contribution is -2.33. The molecule has 2 aromatic rings. The van der Waals surface area contributed by atoms with E-state index < -0.39 is 0 Å². The molecular formula is C21H21NO3. The van der Waals surface area contributed by atoms with E-state index in [1.807, 2.05) is 55.5 Å². The third-order valence-electron chi connectivity index (χ3n) is 5.56. The Labute approximate surface area is 147 Å². The maximum atomic E-state index is 13.2. The van der Waals surface area contributed by atoms with E-state index >= 15 is 0 Å². The van der Waals surface area contributed by atoms with Crippen molar-refractivity contribution in [3.8, 4) is 5.75 Å². The van der Waals surface area contributed by atoms with E-state index in [1.54, 1.807) is 7.11 Å². The Morgan fingerprint density at radius 1 is 1.04 bits per heavy atom. The van der Waals surface area contributed by atoms with E-state index in [1.165, 1.54) is 4.90 Å². The average molecular weight is 335 g/mol. The van der Waals surface area contributed by atoms with E-state index in [2.05, 4.69) is 0 Å². The number of hydrogen-bond acceptors (Lipinski definition) is 3. The highest BCUT2D eigenvalue weighted by Crippen LogP contribution is 2.47. The van der Waals surface area contributed by atoms with Gasteiger partial charge in [-0.1, -0.05) is 42.5 Å². The Morgan fingerprint density at radius 3 is 2.52 bits per heavy atom. The van der Waals surface area contributed by atoms with Crippen molar-refractivity contribution in [1.82, 2.24) is 4.90 Å². The maximum absolute atomic E-state index is 13.2. The summed E-state index contributed by atoms with van der Waals surface area (Å²) in [6.07, 6.45) is 1.47. The number of nitrogens with zero attached hydrogens (tertiary/aromatic N) is 1. The number of rotatable bonds is 3. The van der Waals surface area contributed by atoms with Crippen molar-refractivity contribution in [2.24, 2.45) is 5.92 Å². The zero-order valence-electron chi connectivity index (χ0n) is 14.4. The first-order valence-electron chi connectivity index (χ1n) is 8.71. The van der Waals surface area contributed by atoms with Crippen LogP contribution in [0.2, 0.25) is 0 Å². The molecule has 1 heterocycles. The molecule has 3 atom stereocenters. The van der Waals surface area contributed by atoms with Gasteiger partial charge in [-0.25, -0.2) is 0 Å². The molecule has 128 valence electrons. The van der Waals surface area contributed by atoms with Crippen LogP contribution in [0, 0.1) is 5.92 Å². The van der Waals surface area contributed by atoms with Gasteiger partial charge in [-0.05, 0) is 42.5 Å². The fourth-order valence-corrected chi connectivity index (χ4v) is 4.29. The van der Waals surface area contributed by atoms with Crippen molar-refractivity contribution in [2.75, 3.05) is 7.11 Å². The molecule has 1 aliphatic heterocycles. The molecule has 4 heteroatoms. The molecule has 0 unspecified atom stereocenters. The van der Waals surface area contributed by atoms with Gasteiger partial charge in [0, 0.05) is 0 Å². The fraction of sp³-hybridized carbons (Fsp3) is 0.333. The molecule has 2 amide bonds. The highest BCUT2D eigenvalue weighted by atomic mass is 16.5. The Hall–Kier alpha value is -2.62. The summed E-state index contributed by atoms with van der Waals surface area (Å²) in [6, 6.07) is 15.3. The number of ether oxygens (including phenoxy) is 1. The van der Waals surface area contributed by atoms with Gasteiger partial charge < -0.3 is 4.74 Å². The Bertz CT molecular complexity index is 830. The van der Waals surface area contributed by atoms with Crippen LogP contribution in [0.5, 0.6) is 5.75 Å². The van der Waals surface area contributed by atoms with Crippen molar-refractivity contribution < 1.29 is 14.3 Å². The van der Waals surface area contributed by atoms with Crippen molar-refractivity contribution in [3.63, 3.8) is 0 Å². The number of benzene rings is 2. The second kappa shape index (κ2) is 6.03. The van der Waals surface area contributed by atoms with Gasteiger partial charge in [-0.3, -0.25) is 14.5 Å². The van der Waals surface area contributed by atoms with Crippen LogP contribution in [0.4, 0.5) is 0 Å². The van der Waals surface area contributed by atoms with Gasteiger partial charge >= 0.3 is 0 Å². The average Bonchev–Trinajstić information content (AvgIpc) is 2.92. The molecule has 0 spiro atoms. The number of methoxy groups -OCH3 is 1. The van der Waals surface area contributed by atoms with E-state index in [0.29, 0.717) is 6.42 Å². The SMILES string of the molecule is COc1cccc2c1CC[C@H]1C(=O)N([C@@H](C)c3ccccc3)C(=O)[C@@H]21. The van der Waals surface area contributed by atoms with Crippen LogP contribution in [0.3, 0.4) is 0 Å². The molecule has 4 nitrogen and oxygen atoms in total. The lowest BCUT2D eigenvalue weighted by atomic mass is 9.76. The summed E-state index contributed by atoms with van der Waals surface area (Å²) >= 11 is 0. The molecule has 0 saturated carbocycles. The molecule has 1 aliphatic carbocycles. The van der Waals surface area contributed by atoms with Gasteiger partial charge in [0.15, 0.2) is 0 Å². The van der Waals surface area contributed by atoms with Crippen LogP contribution in [0.15, 0.2) is 48.5 Å². The van der Waals surface area contributed by atoms with Crippen LogP contribution in [-0.4, -0.2) is 23.8 Å². The summed E-state index contributed by atoms with van der Waals surface area (Å²) in [4.78, 5) is 27.7. The van der Waals surface area contributed by atoms with Gasteiger partial charge in [0.25, 0.3) is 0 Å². The van der Waals surface area contributed by atoms with Gasteiger partial charge in [0.2, 0.25) is 11.8 Å². The Balaban J connectivity index is 1.74. The molecule has 2 aliphatic rings. The number of likely N-dealkylation sites (tertiary alicyclic amines) is 1. The lowest BCUT2D eigenvalue weighted by Gasteiger charge is -2.26. The summed E-state index contributed by atoms with van der Waals surface area (Å²) in [7, 11) is 1.65. The summed E-state index contributed by atoms with van der Waals surface area (Å²) in [5.41, 5.74) is 3.01. The number of carbonyl (C=O) groups is 2. The summed E-state index contributed by atoms with van der Waals surface area (Å²) in [5, 5.41) is 0. The van der Waals surface area contributed by atoms with Crippen molar-refractivity contribution in [3.05, 3.63) is 65.2 Å². The fourth-order valence-electron chi connectivity index (χ4n) is 4.29. The predicted molar refractivity (Wildman–Crippen MR) is 94.3 cm³/mol. The van der Waals surface area contributed by atoms with E-state index in [0.717, 1.165) is 28.9 Å². The lowest BCUT2D eigenvalue weighted by molar-refractivity contribution is -0.142. The summed E-state index contributed by atoms with van der Waals surface area (Å²) in [5.74, 6) is 0.0573. The number of fused-ring (bicyclic) bond motifs is 3. The Morgan fingerprint density at radius 2 is 1.80 bits per heavy atom. The molecule has 1 saturated heterocycles. The number of carbonyl (C=O) groups excluding carboxylic acids is 2.